The van der Waals surface area contributed by atoms with Crippen molar-refractivity contribution in [2.75, 3.05) is 94.6 Å². The van der Waals surface area contributed by atoms with Gasteiger partial charge in [0.1, 0.15) is 17.8 Å². The molecule has 0 spiro atoms. The van der Waals surface area contributed by atoms with Crippen LogP contribution in [0.3, 0.4) is 0 Å². The lowest BCUT2D eigenvalue weighted by Crippen LogP contribution is -2.57. The molecule has 0 radical (unpaired) electrons. The standard InChI is InChI=1S/C77H98ClN11O11S3/c1-52(54-18-20-56(21-19-54)71-53(2)79-51-102-71)80-74(95)68-44-62(91)48-88(68)75(96)72(76(3,4)5)82-69(92)16-12-7-8-13-17-70(93)87-41-37-85(38-42-87)50-77(6)34-32-65(55-22-26-59(78)27-23-55)58(46-77)47-84-35-39-86(40-36-84)61-28-24-57(25-29-61)73(94)83-103(99,100)64-30-31-66(67(45-64)89(97)98)81-60(33-43-90)49-101-63-14-10-9-11-15-63/h9-11,14-15,18-31,45,51-52,60,62,68,72,81,90-91H,7-8,12-13,16-17,32-44,46-50H2,1-6H3,(H,80,95)(H,82,92)(H,83,94)/t52-,60+,62+,68-,72+,77?/m0/s1. The number of benzene rings is 5. The van der Waals surface area contributed by atoms with Gasteiger partial charge in [0.15, 0.2) is 0 Å². The number of thiazole rings is 1. The van der Waals surface area contributed by atoms with Crippen LogP contribution in [0.5, 0.6) is 0 Å². The third-order valence-electron chi connectivity index (χ3n) is 20.2. The number of nitro benzene ring substituents is 1. The van der Waals surface area contributed by atoms with Crippen molar-refractivity contribution in [1.82, 2.24) is 39.9 Å². The fourth-order valence-corrected chi connectivity index (χ4v) is 17.3. The summed E-state index contributed by atoms with van der Waals surface area (Å²) in [6, 6.07) is 33.3. The van der Waals surface area contributed by atoms with Crippen LogP contribution in [-0.2, 0) is 29.2 Å². The molecular formula is C77H98ClN11O11S3. The topological polar surface area (TPSA) is 280 Å². The summed E-state index contributed by atoms with van der Waals surface area (Å²) in [5.74, 6) is -1.27. The molecule has 4 heterocycles. The number of nitro groups is 1. The van der Waals surface area contributed by atoms with Gasteiger partial charge in [0.2, 0.25) is 23.6 Å². The highest BCUT2D eigenvalue weighted by molar-refractivity contribution is 7.99. The second-order valence-corrected chi connectivity index (χ2v) is 33.3. The molecule has 5 aromatic carbocycles. The maximum absolute atomic E-state index is 14.3. The van der Waals surface area contributed by atoms with Gasteiger partial charge in [-0.2, -0.15) is 0 Å². The molecule has 3 aliphatic heterocycles. The molecule has 0 saturated carbocycles. The zero-order chi connectivity index (χ0) is 73.6. The molecule has 26 heteroatoms. The highest BCUT2D eigenvalue weighted by Gasteiger charge is 2.45. The van der Waals surface area contributed by atoms with Crippen LogP contribution in [0.4, 0.5) is 17.1 Å². The Hall–Kier alpha value is -7.75. The Morgan fingerprint density at radius 1 is 0.835 bits per heavy atom. The number of amides is 5. The van der Waals surface area contributed by atoms with Gasteiger partial charge in [0.25, 0.3) is 21.6 Å². The zero-order valence-electron chi connectivity index (χ0n) is 59.8. The monoisotopic (exact) mass is 1480 g/mol. The minimum absolute atomic E-state index is 0.00897. The maximum Gasteiger partial charge on any atom is 0.293 e. The van der Waals surface area contributed by atoms with Crippen LogP contribution in [0.25, 0.3) is 16.0 Å². The third kappa shape index (κ3) is 21.0. The van der Waals surface area contributed by atoms with Gasteiger partial charge >= 0.3 is 0 Å². The number of aliphatic hydroxyl groups excluding tert-OH is 2. The Labute approximate surface area is 618 Å². The predicted molar refractivity (Wildman–Crippen MR) is 407 cm³/mol. The highest BCUT2D eigenvalue weighted by Crippen LogP contribution is 2.44. The van der Waals surface area contributed by atoms with Crippen LogP contribution in [0.1, 0.15) is 138 Å². The van der Waals surface area contributed by atoms with Crippen molar-refractivity contribution in [2.45, 2.75) is 152 Å². The van der Waals surface area contributed by atoms with Gasteiger partial charge in [0, 0.05) is 137 Å². The molecule has 3 saturated heterocycles. The van der Waals surface area contributed by atoms with Gasteiger partial charge in [-0.25, -0.2) is 18.1 Å². The lowest BCUT2D eigenvalue weighted by molar-refractivity contribution is -0.384. The van der Waals surface area contributed by atoms with Crippen molar-refractivity contribution in [3.63, 3.8) is 0 Å². The number of hydrogen-bond donors (Lipinski definition) is 6. The summed E-state index contributed by atoms with van der Waals surface area (Å²) < 4.78 is 29.2. The van der Waals surface area contributed by atoms with E-state index in [4.69, 9.17) is 11.6 Å². The van der Waals surface area contributed by atoms with Crippen LogP contribution in [-0.4, -0.2) is 186 Å². The average molecular weight is 1490 g/mol. The number of rotatable bonds is 30. The molecule has 6 aromatic rings. The minimum atomic E-state index is -4.52. The number of likely N-dealkylation sites (tertiary alicyclic amines) is 1. The largest absolute Gasteiger partial charge is 0.396 e. The van der Waals surface area contributed by atoms with Gasteiger partial charge in [-0.1, -0.05) is 112 Å². The second-order valence-electron chi connectivity index (χ2n) is 29.2. The number of carbonyl (C=O) groups excluding carboxylic acids is 5. The molecule has 4 aliphatic rings. The Bertz CT molecular complexity index is 4070. The van der Waals surface area contributed by atoms with E-state index in [9.17, 15) is 52.7 Å². The summed E-state index contributed by atoms with van der Waals surface area (Å²) >= 11 is 9.49. The number of sulfonamides is 1. The lowest BCUT2D eigenvalue weighted by atomic mass is 9.71. The van der Waals surface area contributed by atoms with Crippen LogP contribution in [0, 0.1) is 27.9 Å². The van der Waals surface area contributed by atoms with E-state index < -0.39 is 60.9 Å². The van der Waals surface area contributed by atoms with E-state index in [2.05, 4.69) is 59.4 Å². The SMILES string of the molecule is Cc1ncsc1-c1ccc([C@H](C)NC(=O)[C@@H]2C[C@@H](O)CN2C(=O)[C@@H](NC(=O)CCCCCCC(=O)N2CCN(CC3(C)CCC(c4ccc(Cl)cc4)=C(CN4CCN(c5ccc(C(=O)NS(=O)(=O)c6ccc(N[C@H](CCO)CSc7ccccc7)c([N+](=O)[O-])c6)cc5)CC4)C3)CC2)C(C)(C)C)cc1. The van der Waals surface area contributed by atoms with Crippen LogP contribution in [0.2, 0.25) is 5.02 Å². The van der Waals surface area contributed by atoms with Crippen molar-refractivity contribution < 1.29 is 47.5 Å². The quantitative estimate of drug-likeness (QED) is 0.0106. The van der Waals surface area contributed by atoms with E-state index in [1.807, 2.05) is 112 Å². The van der Waals surface area contributed by atoms with Crippen molar-refractivity contribution in [3.05, 3.63) is 170 Å². The fourth-order valence-electron chi connectivity index (χ4n) is 14.4. The smallest absolute Gasteiger partial charge is 0.293 e. The number of hydrogen-bond acceptors (Lipinski definition) is 18. The second kappa shape index (κ2) is 35.4. The first kappa shape index (κ1) is 77.9. The molecule has 3 fully saturated rings. The number of thioether (sulfide) groups is 1. The van der Waals surface area contributed by atoms with E-state index in [0.29, 0.717) is 49.5 Å². The van der Waals surface area contributed by atoms with Crippen LogP contribution < -0.4 is 25.6 Å². The first-order valence-corrected chi connectivity index (χ1v) is 39.5. The average Bonchev–Trinajstić information content (AvgIpc) is 1.59. The Morgan fingerprint density at radius 3 is 2.16 bits per heavy atom. The van der Waals surface area contributed by atoms with E-state index >= 15 is 0 Å². The summed E-state index contributed by atoms with van der Waals surface area (Å²) in [5.41, 5.74) is 8.61. The third-order valence-corrected chi connectivity index (χ3v) is 23.9. The molecule has 22 nitrogen and oxygen atoms in total. The first-order valence-electron chi connectivity index (χ1n) is 35.8. The van der Waals surface area contributed by atoms with Crippen molar-refractivity contribution in [3.8, 4) is 10.4 Å². The first-order chi connectivity index (χ1) is 49.2. The number of β-amino-alcohol motifs (C(OH)–C–C–N with tert-alkyl or cyclic N) is 1. The van der Waals surface area contributed by atoms with Gasteiger partial charge in [-0.3, -0.25) is 43.9 Å². The van der Waals surface area contributed by atoms with E-state index in [0.717, 1.165) is 123 Å². The van der Waals surface area contributed by atoms with Gasteiger partial charge in [-0.15, -0.1) is 23.1 Å². The van der Waals surface area contributed by atoms with Crippen LogP contribution in [0.15, 0.2) is 142 Å². The maximum atomic E-state index is 14.3. The number of unbranched alkanes of at least 4 members (excludes halogenated alkanes) is 3. The summed E-state index contributed by atoms with van der Waals surface area (Å²) in [4.78, 5) is 96.8. The number of halogens is 1. The fraction of sp³-hybridized carbons (Fsp3) is 0.481. The molecule has 6 atom stereocenters. The van der Waals surface area contributed by atoms with Gasteiger partial charge < -0.3 is 40.9 Å². The molecule has 1 aliphatic carbocycles. The number of carbonyl (C=O) groups is 5. The predicted octanol–water partition coefficient (Wildman–Crippen LogP) is 11.4. The zero-order valence-corrected chi connectivity index (χ0v) is 63.0. The number of aliphatic hydroxyl groups is 2. The number of aryl methyl sites for hydroxylation is 1. The van der Waals surface area contributed by atoms with E-state index in [1.54, 1.807) is 35.6 Å². The number of nitrogens with zero attached hydrogens (tertiary/aromatic N) is 7. The van der Waals surface area contributed by atoms with Crippen molar-refractivity contribution in [1.29, 1.82) is 0 Å². The molecule has 10 rings (SSSR count). The number of aromatic nitrogens is 1. The Balaban J connectivity index is 0.645. The highest BCUT2D eigenvalue weighted by atomic mass is 35.5. The van der Waals surface area contributed by atoms with Crippen molar-refractivity contribution >= 4 is 96.9 Å². The van der Waals surface area contributed by atoms with Crippen LogP contribution >= 0.6 is 34.7 Å². The van der Waals surface area contributed by atoms with E-state index in [-0.39, 0.29) is 72.5 Å². The summed E-state index contributed by atoms with van der Waals surface area (Å²) in [6.45, 7) is 19.4. The molecule has 552 valence electrons. The van der Waals surface area contributed by atoms with Gasteiger partial charge in [0.05, 0.1) is 38.0 Å². The molecule has 6 N–H and O–H groups in total. The number of piperazine rings is 2. The molecule has 1 unspecified atom stereocenters. The molecule has 1 aromatic heterocycles. The summed E-state index contributed by atoms with van der Waals surface area (Å²) in [6.07, 6.45) is 5.89. The van der Waals surface area contributed by atoms with E-state index in [1.165, 1.54) is 45.5 Å². The molecular weight excluding hydrogens is 1390 g/mol. The summed E-state index contributed by atoms with van der Waals surface area (Å²) in [5, 5.41) is 42.6. The molecule has 0 bridgehead atoms. The Kier molecular flexibility index (Phi) is 26.7. The Morgan fingerprint density at radius 2 is 1.50 bits per heavy atom. The molecule has 103 heavy (non-hydrogen) atoms. The molecule has 5 amide bonds. The normalized spacial score (nSPS) is 19.4. The lowest BCUT2D eigenvalue weighted by Gasteiger charge is -2.44. The number of allylic oxidation sites excluding steroid dienone is 1. The number of anilines is 2. The van der Waals surface area contributed by atoms with Gasteiger partial charge in [-0.05, 0) is 146 Å². The van der Waals surface area contributed by atoms with Crippen molar-refractivity contribution in [2.24, 2.45) is 10.8 Å². The number of nitrogens with one attached hydrogen (secondary N) is 4. The summed E-state index contributed by atoms with van der Waals surface area (Å²) in [7, 11) is -4.52. The minimum Gasteiger partial charge on any atom is -0.396 e.